The molecular weight excluding hydrogens is 200 g/mol. The topological polar surface area (TPSA) is 34.4 Å². The Hall–Kier alpha value is -1.38. The third kappa shape index (κ3) is 1.94. The normalized spacial score (nSPS) is 11.6. The van der Waals surface area contributed by atoms with Crippen LogP contribution in [0.5, 0.6) is 0 Å². The molecule has 1 aromatic heterocycles. The van der Waals surface area contributed by atoms with Gasteiger partial charge in [0.25, 0.3) is 0 Å². The minimum absolute atomic E-state index is 0.102. The largest absolute Gasteiger partial charge is 0.340 e. The quantitative estimate of drug-likeness (QED) is 0.567. The highest BCUT2D eigenvalue weighted by molar-refractivity contribution is 5.94. The Morgan fingerprint density at radius 3 is 2.50 bits per heavy atom. The number of Topliss-reactive ketones (excluding diaryl/α,β-unsaturated/α-hetero) is 1. The van der Waals surface area contributed by atoms with E-state index in [1.807, 2.05) is 38.3 Å². The molecule has 3 heteroatoms. The average Bonchev–Trinajstić information content (AvgIpc) is 2.55. The van der Waals surface area contributed by atoms with Crippen molar-refractivity contribution in [3.05, 3.63) is 23.0 Å². The summed E-state index contributed by atoms with van der Waals surface area (Å²) in [5.41, 5.74) is 2.50. The van der Waals surface area contributed by atoms with Crippen LogP contribution in [0.1, 0.15) is 49.4 Å². The number of ketones is 1. The van der Waals surface area contributed by atoms with Gasteiger partial charge in [0, 0.05) is 19.2 Å². The second-order valence-electron chi connectivity index (χ2n) is 4.58. The number of carbonyl (C=O) groups is 1. The molecule has 0 saturated heterocycles. The van der Waals surface area contributed by atoms with Crippen molar-refractivity contribution in [3.63, 3.8) is 0 Å². The molecule has 3 nitrogen and oxygen atoms in total. The van der Waals surface area contributed by atoms with Crippen molar-refractivity contribution >= 4 is 12.5 Å². The van der Waals surface area contributed by atoms with Crippen molar-refractivity contribution in [2.45, 2.75) is 46.7 Å². The second-order valence-corrected chi connectivity index (χ2v) is 4.58. The summed E-state index contributed by atoms with van der Waals surface area (Å²) < 4.78 is 2.03. The Morgan fingerprint density at radius 2 is 2.12 bits per heavy atom. The van der Waals surface area contributed by atoms with E-state index in [1.54, 1.807) is 6.92 Å². The Labute approximate surface area is 97.2 Å². The zero-order chi connectivity index (χ0) is 12.5. The van der Waals surface area contributed by atoms with Crippen LogP contribution in [0, 0.1) is 6.92 Å². The molecule has 0 N–H and O–H groups in total. The first-order chi connectivity index (χ1) is 7.35. The molecule has 0 bridgehead atoms. The summed E-state index contributed by atoms with van der Waals surface area (Å²) in [4.78, 5) is 15.7. The predicted octanol–water partition coefficient (Wildman–Crippen LogP) is 2.95. The summed E-state index contributed by atoms with van der Waals surface area (Å²) in [6.45, 7) is 14.0. The van der Waals surface area contributed by atoms with Gasteiger partial charge in [-0.25, -0.2) is 0 Å². The maximum Gasteiger partial charge on any atom is 0.176 e. The molecule has 0 aliphatic rings. The van der Waals surface area contributed by atoms with E-state index in [9.17, 15) is 4.79 Å². The summed E-state index contributed by atoms with van der Waals surface area (Å²) in [7, 11) is 0. The zero-order valence-electron chi connectivity index (χ0n) is 10.8. The monoisotopic (exact) mass is 220 g/mol. The smallest absolute Gasteiger partial charge is 0.176 e. The van der Waals surface area contributed by atoms with E-state index in [0.717, 1.165) is 23.5 Å². The van der Waals surface area contributed by atoms with Crippen LogP contribution in [0.4, 0.5) is 0 Å². The van der Waals surface area contributed by atoms with Gasteiger partial charge in [-0.05, 0) is 46.0 Å². The molecule has 0 saturated carbocycles. The van der Waals surface area contributed by atoms with E-state index in [0.29, 0.717) is 0 Å². The molecule has 0 atom stereocenters. The van der Waals surface area contributed by atoms with Crippen LogP contribution in [0.2, 0.25) is 0 Å². The second kappa shape index (κ2) is 4.24. The van der Waals surface area contributed by atoms with E-state index in [2.05, 4.69) is 11.7 Å². The molecule has 0 aliphatic heterocycles. The molecule has 0 amide bonds. The van der Waals surface area contributed by atoms with Gasteiger partial charge in [-0.2, -0.15) is 0 Å². The van der Waals surface area contributed by atoms with Crippen molar-refractivity contribution in [3.8, 4) is 0 Å². The lowest BCUT2D eigenvalue weighted by Gasteiger charge is -2.22. The maximum absolute atomic E-state index is 11.6. The lowest BCUT2D eigenvalue weighted by Crippen LogP contribution is -2.20. The molecule has 1 aromatic rings. The highest BCUT2D eigenvalue weighted by Crippen LogP contribution is 2.29. The summed E-state index contributed by atoms with van der Waals surface area (Å²) >= 11 is 0. The third-order valence-corrected chi connectivity index (χ3v) is 2.96. The summed E-state index contributed by atoms with van der Waals surface area (Å²) in [5, 5.41) is 0. The molecule has 0 radical (unpaired) electrons. The first-order valence-electron chi connectivity index (χ1n) is 5.54. The van der Waals surface area contributed by atoms with Gasteiger partial charge in [-0.1, -0.05) is 0 Å². The Morgan fingerprint density at radius 1 is 1.56 bits per heavy atom. The van der Waals surface area contributed by atoms with Crippen LogP contribution in [-0.4, -0.2) is 17.1 Å². The summed E-state index contributed by atoms with van der Waals surface area (Å²) in [6, 6.07) is 2.04. The van der Waals surface area contributed by atoms with Crippen LogP contribution in [0.25, 0.3) is 0 Å². The van der Waals surface area contributed by atoms with Crippen molar-refractivity contribution in [2.75, 3.05) is 0 Å². The molecule has 0 aromatic carbocycles. The predicted molar refractivity (Wildman–Crippen MR) is 67.4 cm³/mol. The number of rotatable bonds is 4. The fraction of sp³-hybridized carbons (Fsp3) is 0.538. The van der Waals surface area contributed by atoms with Gasteiger partial charge in [0.15, 0.2) is 5.78 Å². The van der Waals surface area contributed by atoms with E-state index >= 15 is 0 Å². The number of nitrogens with zero attached hydrogens (tertiary/aromatic N) is 2. The molecule has 1 heterocycles. The number of aromatic nitrogens is 1. The van der Waals surface area contributed by atoms with Gasteiger partial charge in [-0.3, -0.25) is 9.79 Å². The highest BCUT2D eigenvalue weighted by atomic mass is 16.1. The molecule has 16 heavy (non-hydrogen) atoms. The van der Waals surface area contributed by atoms with Crippen LogP contribution in [0.15, 0.2) is 11.1 Å². The number of carbonyl (C=O) groups excluding carboxylic acids is 1. The fourth-order valence-electron chi connectivity index (χ4n) is 2.07. The van der Waals surface area contributed by atoms with Gasteiger partial charge in [0.2, 0.25) is 0 Å². The molecule has 0 aliphatic carbocycles. The average molecular weight is 220 g/mol. The lowest BCUT2D eigenvalue weighted by molar-refractivity contribution is 0.100. The van der Waals surface area contributed by atoms with Gasteiger partial charge in [-0.15, -0.1) is 0 Å². The summed E-state index contributed by atoms with van der Waals surface area (Å²) in [6.07, 6.45) is 0. The van der Waals surface area contributed by atoms with Crippen molar-refractivity contribution < 1.29 is 4.79 Å². The number of aryl methyl sites for hydroxylation is 1. The Bertz CT molecular complexity index is 427. The Kier molecular flexibility index (Phi) is 3.36. The molecule has 0 spiro atoms. The standard InChI is InChI=1S/C13H20N2O/c1-7-15-11(13(4,5)14-6)8-9(2)12(15)10(3)16/h8H,6-7H2,1-5H3. The zero-order valence-corrected chi connectivity index (χ0v) is 10.8. The van der Waals surface area contributed by atoms with Crippen LogP contribution in [-0.2, 0) is 12.1 Å². The fourth-order valence-corrected chi connectivity index (χ4v) is 2.07. The van der Waals surface area contributed by atoms with Crippen LogP contribution >= 0.6 is 0 Å². The summed E-state index contributed by atoms with van der Waals surface area (Å²) in [5.74, 6) is 0.102. The van der Waals surface area contributed by atoms with E-state index in [1.165, 1.54) is 0 Å². The number of aliphatic imine (C=N–C) groups is 1. The SMILES string of the molecule is C=NC(C)(C)c1cc(C)c(C(C)=O)n1CC. The highest BCUT2D eigenvalue weighted by Gasteiger charge is 2.25. The lowest BCUT2D eigenvalue weighted by atomic mass is 10.0. The minimum atomic E-state index is -0.353. The Balaban J connectivity index is 3.49. The minimum Gasteiger partial charge on any atom is -0.340 e. The van der Waals surface area contributed by atoms with Crippen molar-refractivity contribution in [1.29, 1.82) is 0 Å². The van der Waals surface area contributed by atoms with Crippen molar-refractivity contribution in [2.24, 2.45) is 4.99 Å². The number of hydrogen-bond donors (Lipinski definition) is 0. The van der Waals surface area contributed by atoms with E-state index in [-0.39, 0.29) is 11.3 Å². The van der Waals surface area contributed by atoms with Gasteiger partial charge in [0.1, 0.15) is 0 Å². The van der Waals surface area contributed by atoms with Gasteiger partial charge < -0.3 is 4.57 Å². The van der Waals surface area contributed by atoms with E-state index in [4.69, 9.17) is 0 Å². The molecule has 88 valence electrons. The number of hydrogen-bond acceptors (Lipinski definition) is 2. The molecule has 1 rings (SSSR count). The molecular formula is C13H20N2O. The van der Waals surface area contributed by atoms with Gasteiger partial charge in [0.05, 0.1) is 11.2 Å². The van der Waals surface area contributed by atoms with Gasteiger partial charge >= 0.3 is 0 Å². The van der Waals surface area contributed by atoms with Crippen LogP contribution in [0.3, 0.4) is 0 Å². The van der Waals surface area contributed by atoms with Crippen molar-refractivity contribution in [1.82, 2.24) is 4.57 Å². The maximum atomic E-state index is 11.6. The first-order valence-corrected chi connectivity index (χ1v) is 5.54. The van der Waals surface area contributed by atoms with E-state index < -0.39 is 0 Å². The molecule has 0 fully saturated rings. The third-order valence-electron chi connectivity index (χ3n) is 2.96. The molecule has 0 unspecified atom stereocenters. The van der Waals surface area contributed by atoms with Crippen LogP contribution < -0.4 is 0 Å². The first kappa shape index (κ1) is 12.7.